The number of benzene rings is 2. The lowest BCUT2D eigenvalue weighted by atomic mass is 9.92. The predicted octanol–water partition coefficient (Wildman–Crippen LogP) is 3.96. The first-order valence-electron chi connectivity index (χ1n) is 6.90. The van der Waals surface area contributed by atoms with Gasteiger partial charge < -0.3 is 10.5 Å². The van der Waals surface area contributed by atoms with Crippen LogP contribution >= 0.6 is 15.9 Å². The maximum atomic E-state index is 13.8. The van der Waals surface area contributed by atoms with E-state index < -0.39 is 0 Å². The van der Waals surface area contributed by atoms with E-state index in [4.69, 9.17) is 10.5 Å². The van der Waals surface area contributed by atoms with Crippen molar-refractivity contribution in [2.24, 2.45) is 11.7 Å². The summed E-state index contributed by atoms with van der Waals surface area (Å²) in [4.78, 5) is 0. The zero-order valence-electron chi connectivity index (χ0n) is 12.0. The van der Waals surface area contributed by atoms with Crippen LogP contribution in [0.25, 0.3) is 0 Å². The second-order valence-corrected chi connectivity index (χ2v) is 5.97. The van der Waals surface area contributed by atoms with Crippen LogP contribution in [-0.2, 0) is 12.8 Å². The Balaban J connectivity index is 2.16. The van der Waals surface area contributed by atoms with Crippen molar-refractivity contribution in [2.45, 2.75) is 12.8 Å². The zero-order chi connectivity index (χ0) is 15.2. The Kier molecular flexibility index (Phi) is 5.76. The third-order valence-electron chi connectivity index (χ3n) is 3.55. The molecule has 0 saturated heterocycles. The third kappa shape index (κ3) is 4.29. The Labute approximate surface area is 133 Å². The van der Waals surface area contributed by atoms with Crippen molar-refractivity contribution in [3.8, 4) is 5.75 Å². The quantitative estimate of drug-likeness (QED) is 0.854. The molecule has 1 atom stereocenters. The second kappa shape index (κ2) is 7.57. The molecule has 21 heavy (non-hydrogen) atoms. The summed E-state index contributed by atoms with van der Waals surface area (Å²) in [5, 5.41) is 0. The fraction of sp³-hybridized carbons (Fsp3) is 0.294. The molecule has 0 aliphatic carbocycles. The van der Waals surface area contributed by atoms with E-state index in [0.717, 1.165) is 22.2 Å². The summed E-state index contributed by atoms with van der Waals surface area (Å²) < 4.78 is 20.1. The summed E-state index contributed by atoms with van der Waals surface area (Å²) in [6.45, 7) is 0.504. The molecule has 0 aromatic heterocycles. The van der Waals surface area contributed by atoms with Gasteiger partial charge in [0.2, 0.25) is 0 Å². The first-order valence-corrected chi connectivity index (χ1v) is 7.69. The van der Waals surface area contributed by atoms with Gasteiger partial charge in [-0.25, -0.2) is 4.39 Å². The molecule has 0 aliphatic rings. The minimum Gasteiger partial charge on any atom is -0.496 e. The predicted molar refractivity (Wildman–Crippen MR) is 87.0 cm³/mol. The number of nitrogens with two attached hydrogens (primary N) is 1. The number of ether oxygens (including phenoxy) is 1. The summed E-state index contributed by atoms with van der Waals surface area (Å²) in [5.41, 5.74) is 7.67. The Hall–Kier alpha value is -1.39. The maximum absolute atomic E-state index is 13.8. The molecule has 0 saturated carbocycles. The van der Waals surface area contributed by atoms with Gasteiger partial charge >= 0.3 is 0 Å². The summed E-state index contributed by atoms with van der Waals surface area (Å²) in [6, 6.07) is 12.8. The highest BCUT2D eigenvalue weighted by molar-refractivity contribution is 9.10. The van der Waals surface area contributed by atoms with Crippen LogP contribution in [0.1, 0.15) is 11.1 Å². The number of rotatable bonds is 6. The van der Waals surface area contributed by atoms with Gasteiger partial charge in [-0.3, -0.25) is 0 Å². The van der Waals surface area contributed by atoms with Crippen molar-refractivity contribution in [3.05, 3.63) is 63.9 Å². The van der Waals surface area contributed by atoms with E-state index in [0.29, 0.717) is 18.5 Å². The van der Waals surface area contributed by atoms with Crippen molar-refractivity contribution in [3.63, 3.8) is 0 Å². The highest BCUT2D eigenvalue weighted by Gasteiger charge is 2.14. The molecule has 0 amide bonds. The first kappa shape index (κ1) is 16.0. The Morgan fingerprint density at radius 1 is 1.14 bits per heavy atom. The molecular formula is C17H19BrFNO. The fourth-order valence-corrected chi connectivity index (χ4v) is 2.84. The highest BCUT2D eigenvalue weighted by atomic mass is 79.9. The van der Waals surface area contributed by atoms with Crippen LogP contribution in [0.2, 0.25) is 0 Å². The summed E-state index contributed by atoms with van der Waals surface area (Å²) >= 11 is 3.47. The normalized spacial score (nSPS) is 12.2. The van der Waals surface area contributed by atoms with E-state index >= 15 is 0 Å². The maximum Gasteiger partial charge on any atom is 0.126 e. The van der Waals surface area contributed by atoms with Crippen molar-refractivity contribution in [1.82, 2.24) is 0 Å². The summed E-state index contributed by atoms with van der Waals surface area (Å²) in [5.74, 6) is 0.840. The Morgan fingerprint density at radius 3 is 2.52 bits per heavy atom. The molecule has 2 aromatic carbocycles. The van der Waals surface area contributed by atoms with Crippen molar-refractivity contribution in [1.29, 1.82) is 0 Å². The largest absolute Gasteiger partial charge is 0.496 e. The van der Waals surface area contributed by atoms with Crippen LogP contribution in [-0.4, -0.2) is 13.7 Å². The van der Waals surface area contributed by atoms with Crippen LogP contribution in [0.5, 0.6) is 5.75 Å². The highest BCUT2D eigenvalue weighted by Crippen LogP contribution is 2.26. The van der Waals surface area contributed by atoms with Crippen LogP contribution < -0.4 is 10.5 Å². The molecule has 0 aliphatic heterocycles. The molecule has 1 unspecified atom stereocenters. The lowest BCUT2D eigenvalue weighted by molar-refractivity contribution is 0.403. The van der Waals surface area contributed by atoms with Crippen molar-refractivity contribution >= 4 is 15.9 Å². The lowest BCUT2D eigenvalue weighted by Gasteiger charge is -2.17. The molecule has 2 rings (SSSR count). The van der Waals surface area contributed by atoms with Crippen LogP contribution in [0.3, 0.4) is 0 Å². The Morgan fingerprint density at radius 2 is 1.86 bits per heavy atom. The van der Waals surface area contributed by atoms with E-state index in [2.05, 4.69) is 15.9 Å². The molecule has 0 radical (unpaired) electrons. The van der Waals surface area contributed by atoms with Crippen LogP contribution in [0, 0.1) is 11.7 Å². The van der Waals surface area contributed by atoms with Gasteiger partial charge in [-0.1, -0.05) is 34.1 Å². The topological polar surface area (TPSA) is 35.2 Å². The lowest BCUT2D eigenvalue weighted by Crippen LogP contribution is -2.20. The summed E-state index contributed by atoms with van der Waals surface area (Å²) in [7, 11) is 1.65. The van der Waals surface area contributed by atoms with E-state index in [9.17, 15) is 4.39 Å². The van der Waals surface area contributed by atoms with Gasteiger partial charge in [-0.05, 0) is 60.7 Å². The number of hydrogen-bond donors (Lipinski definition) is 1. The van der Waals surface area contributed by atoms with E-state index in [1.54, 1.807) is 13.2 Å². The van der Waals surface area contributed by atoms with Crippen LogP contribution in [0.4, 0.5) is 4.39 Å². The first-order chi connectivity index (χ1) is 10.1. The van der Waals surface area contributed by atoms with E-state index in [-0.39, 0.29) is 11.7 Å². The van der Waals surface area contributed by atoms with Gasteiger partial charge in [-0.15, -0.1) is 0 Å². The third-order valence-corrected chi connectivity index (χ3v) is 4.04. The molecule has 4 heteroatoms. The Bertz CT molecular complexity index is 603. The zero-order valence-corrected chi connectivity index (χ0v) is 13.6. The fourth-order valence-electron chi connectivity index (χ4n) is 2.43. The molecule has 0 bridgehead atoms. The van der Waals surface area contributed by atoms with Gasteiger partial charge in [0.1, 0.15) is 11.6 Å². The number of methoxy groups -OCH3 is 1. The van der Waals surface area contributed by atoms with Crippen molar-refractivity contribution in [2.75, 3.05) is 13.7 Å². The SMILES string of the molecule is COc1ccc(Br)cc1CC(CN)Cc1ccccc1F. The minimum absolute atomic E-state index is 0.169. The number of halogens is 2. The average molecular weight is 352 g/mol. The second-order valence-electron chi connectivity index (χ2n) is 5.06. The molecular weight excluding hydrogens is 333 g/mol. The van der Waals surface area contributed by atoms with Gasteiger partial charge in [0.25, 0.3) is 0 Å². The van der Waals surface area contributed by atoms with E-state index in [1.807, 2.05) is 30.3 Å². The van der Waals surface area contributed by atoms with E-state index in [1.165, 1.54) is 6.07 Å². The molecule has 0 spiro atoms. The smallest absolute Gasteiger partial charge is 0.126 e. The molecule has 2 aromatic rings. The average Bonchev–Trinajstić information content (AvgIpc) is 2.49. The summed E-state index contributed by atoms with van der Waals surface area (Å²) in [6.07, 6.45) is 1.38. The van der Waals surface area contributed by atoms with Gasteiger partial charge in [0.15, 0.2) is 0 Å². The van der Waals surface area contributed by atoms with Crippen LogP contribution in [0.15, 0.2) is 46.9 Å². The molecule has 112 valence electrons. The molecule has 0 fully saturated rings. The monoisotopic (exact) mass is 351 g/mol. The standard InChI is InChI=1S/C17H19BrFNO/c1-21-17-7-6-15(18)10-14(17)9-12(11-20)8-13-4-2-3-5-16(13)19/h2-7,10,12H,8-9,11,20H2,1H3. The van der Waals surface area contributed by atoms with Gasteiger partial charge in [0, 0.05) is 4.47 Å². The minimum atomic E-state index is -0.169. The van der Waals surface area contributed by atoms with Gasteiger partial charge in [0.05, 0.1) is 7.11 Å². The molecule has 2 nitrogen and oxygen atoms in total. The number of hydrogen-bond acceptors (Lipinski definition) is 2. The van der Waals surface area contributed by atoms with Gasteiger partial charge in [-0.2, -0.15) is 0 Å². The molecule has 0 heterocycles. The molecule has 2 N–H and O–H groups in total. The van der Waals surface area contributed by atoms with Crippen molar-refractivity contribution < 1.29 is 9.13 Å².